The van der Waals surface area contributed by atoms with Crippen LogP contribution in [0.1, 0.15) is 13.8 Å². The van der Waals surface area contributed by atoms with E-state index < -0.39 is 79.6 Å². The number of hydrogen-bond acceptors (Lipinski definition) is 14. The van der Waals surface area contributed by atoms with E-state index in [-0.39, 0.29) is 17.1 Å². The lowest BCUT2D eigenvalue weighted by atomic mass is 9.98. The third kappa shape index (κ3) is 5.77. The topological polar surface area (TPSA) is 204 Å². The molecule has 0 unspecified atom stereocenters. The minimum Gasteiger partial charge on any atom is -0.493 e. The maximum Gasteiger partial charge on any atom is 0.336 e. The summed E-state index contributed by atoms with van der Waals surface area (Å²) in [5, 5.41) is 52.4. The average molecular weight is 542 g/mol. The minimum atomic E-state index is -1.73. The molecule has 38 heavy (non-hydrogen) atoms. The second kappa shape index (κ2) is 11.5. The van der Waals surface area contributed by atoms with Crippen molar-refractivity contribution < 1.29 is 63.2 Å². The monoisotopic (exact) mass is 542 g/mol. The highest BCUT2D eigenvalue weighted by Gasteiger charge is 2.48. The van der Waals surface area contributed by atoms with Gasteiger partial charge in [-0.15, -0.1) is 0 Å². The van der Waals surface area contributed by atoms with Gasteiger partial charge in [0.15, 0.2) is 23.9 Å². The highest BCUT2D eigenvalue weighted by molar-refractivity contribution is 5.80. The maximum atomic E-state index is 11.6. The Labute approximate surface area is 215 Å². The SMILES string of the molecule is COc1cc2ccc(=O)oc2cc1O[C@H]1O[C@@H](CO[C@@H]2O[C@@H](C)[C@H](O)[C@H](O)[C@H]2OC(C)=O)[C@@H](O)[C@H](O)[C@H]1O. The second-order valence-electron chi connectivity index (χ2n) is 9.03. The van der Waals surface area contributed by atoms with Crippen LogP contribution in [0, 0.1) is 0 Å². The highest BCUT2D eigenvalue weighted by Crippen LogP contribution is 2.35. The molecule has 2 aliphatic rings. The first kappa shape index (κ1) is 28.2. The molecule has 1 aromatic carbocycles. The first-order chi connectivity index (χ1) is 18.0. The van der Waals surface area contributed by atoms with Gasteiger partial charge in [-0.2, -0.15) is 0 Å². The van der Waals surface area contributed by atoms with Gasteiger partial charge in [-0.05, 0) is 19.1 Å². The van der Waals surface area contributed by atoms with Crippen molar-refractivity contribution >= 4 is 16.9 Å². The van der Waals surface area contributed by atoms with E-state index in [4.69, 9.17) is 32.8 Å². The van der Waals surface area contributed by atoms with E-state index in [1.165, 1.54) is 38.3 Å². The number of ether oxygens (including phenoxy) is 6. The van der Waals surface area contributed by atoms with Crippen LogP contribution in [0.3, 0.4) is 0 Å². The molecular weight excluding hydrogens is 512 g/mol. The predicted octanol–water partition coefficient (Wildman–Crippen LogP) is -1.60. The van der Waals surface area contributed by atoms with Crippen molar-refractivity contribution in [2.24, 2.45) is 0 Å². The Morgan fingerprint density at radius 2 is 1.66 bits per heavy atom. The van der Waals surface area contributed by atoms with Crippen molar-refractivity contribution in [1.82, 2.24) is 0 Å². The molecule has 0 aliphatic carbocycles. The molecule has 0 amide bonds. The summed E-state index contributed by atoms with van der Waals surface area (Å²) >= 11 is 0. The molecule has 0 spiro atoms. The van der Waals surface area contributed by atoms with Crippen molar-refractivity contribution in [3.05, 3.63) is 34.7 Å². The first-order valence-corrected chi connectivity index (χ1v) is 11.8. The van der Waals surface area contributed by atoms with Crippen LogP contribution < -0.4 is 15.1 Å². The standard InChI is InChI=1S/C24H30O14/c1-9-17(27)20(30)22(35-10(2)25)24(34-9)33-8-15-18(28)19(29)21(31)23(38-15)37-14-7-12-11(6-13(14)32-3)4-5-16(26)36-12/h4-7,9,15,17-24,27-31H,8H2,1-3H3/t9-,15-,17-,18+,19-,20-,21+,22+,23-,24+/m0/s1. The third-order valence-corrected chi connectivity index (χ3v) is 6.33. The van der Waals surface area contributed by atoms with Crippen molar-refractivity contribution in [2.45, 2.75) is 75.3 Å². The fourth-order valence-electron chi connectivity index (χ4n) is 4.25. The summed E-state index contributed by atoms with van der Waals surface area (Å²) in [5.74, 6) is -0.538. The summed E-state index contributed by atoms with van der Waals surface area (Å²) in [4.78, 5) is 23.1. The molecule has 0 radical (unpaired) electrons. The Hall–Kier alpha value is -2.82. The van der Waals surface area contributed by atoms with Gasteiger partial charge in [0, 0.05) is 24.4 Å². The molecular formula is C24H30O14. The van der Waals surface area contributed by atoms with Gasteiger partial charge in [0.1, 0.15) is 42.2 Å². The second-order valence-corrected chi connectivity index (χ2v) is 9.03. The zero-order valence-electron chi connectivity index (χ0n) is 20.7. The number of esters is 1. The molecule has 4 rings (SSSR count). The molecule has 2 fully saturated rings. The van der Waals surface area contributed by atoms with Crippen LogP contribution in [-0.4, -0.2) is 107 Å². The Balaban J connectivity index is 1.51. The van der Waals surface area contributed by atoms with Crippen molar-refractivity contribution in [3.8, 4) is 11.5 Å². The number of hydrogen-bond donors (Lipinski definition) is 5. The number of aliphatic hydroxyl groups is 5. The van der Waals surface area contributed by atoms with Gasteiger partial charge in [-0.3, -0.25) is 4.79 Å². The van der Waals surface area contributed by atoms with Crippen molar-refractivity contribution in [1.29, 1.82) is 0 Å². The van der Waals surface area contributed by atoms with E-state index in [9.17, 15) is 35.1 Å². The van der Waals surface area contributed by atoms with E-state index in [0.29, 0.717) is 5.39 Å². The van der Waals surface area contributed by atoms with E-state index in [1.54, 1.807) is 0 Å². The lowest BCUT2D eigenvalue weighted by molar-refractivity contribution is -0.320. The number of rotatable bonds is 7. The third-order valence-electron chi connectivity index (χ3n) is 6.33. The number of aliphatic hydroxyl groups excluding tert-OH is 5. The van der Waals surface area contributed by atoms with Gasteiger partial charge in [-0.25, -0.2) is 4.79 Å². The molecule has 2 aliphatic heterocycles. The lowest BCUT2D eigenvalue weighted by Crippen LogP contribution is -2.62. The molecule has 2 saturated heterocycles. The molecule has 5 N–H and O–H groups in total. The van der Waals surface area contributed by atoms with E-state index in [0.717, 1.165) is 6.92 Å². The van der Waals surface area contributed by atoms with E-state index >= 15 is 0 Å². The molecule has 1 aromatic heterocycles. The Morgan fingerprint density at radius 3 is 2.34 bits per heavy atom. The summed E-state index contributed by atoms with van der Waals surface area (Å²) in [6.45, 7) is 2.11. The predicted molar refractivity (Wildman–Crippen MR) is 124 cm³/mol. The number of benzene rings is 1. The number of fused-ring (bicyclic) bond motifs is 1. The zero-order chi connectivity index (χ0) is 27.7. The van der Waals surface area contributed by atoms with Crippen LogP contribution in [0.5, 0.6) is 11.5 Å². The summed E-state index contributed by atoms with van der Waals surface area (Å²) < 4.78 is 38.1. The quantitative estimate of drug-likeness (QED) is 0.198. The Bertz CT molecular complexity index is 1180. The van der Waals surface area contributed by atoms with Crippen LogP contribution in [0.25, 0.3) is 11.0 Å². The van der Waals surface area contributed by atoms with Gasteiger partial charge in [0.05, 0.1) is 19.8 Å². The highest BCUT2D eigenvalue weighted by atomic mass is 16.7. The molecule has 210 valence electrons. The maximum absolute atomic E-state index is 11.6. The van der Waals surface area contributed by atoms with Gasteiger partial charge in [-0.1, -0.05) is 0 Å². The molecule has 2 aromatic rings. The van der Waals surface area contributed by atoms with Crippen LogP contribution in [-0.2, 0) is 23.7 Å². The Kier molecular flexibility index (Phi) is 8.54. The number of methoxy groups -OCH3 is 1. The molecule has 10 atom stereocenters. The minimum absolute atomic E-state index is 0.0122. The lowest BCUT2D eigenvalue weighted by Gasteiger charge is -2.43. The van der Waals surface area contributed by atoms with Crippen molar-refractivity contribution in [2.75, 3.05) is 13.7 Å². The number of carbonyl (C=O) groups is 1. The molecule has 14 heteroatoms. The summed E-state index contributed by atoms with van der Waals surface area (Å²) in [7, 11) is 1.37. The molecule has 0 saturated carbocycles. The largest absolute Gasteiger partial charge is 0.493 e. The average Bonchev–Trinajstić information content (AvgIpc) is 2.88. The van der Waals surface area contributed by atoms with Gasteiger partial charge < -0.3 is 58.4 Å². The summed E-state index contributed by atoms with van der Waals surface area (Å²) in [6.07, 6.45) is -14.4. The fraction of sp³-hybridized carbons (Fsp3) is 0.583. The molecule has 3 heterocycles. The van der Waals surface area contributed by atoms with Crippen LogP contribution >= 0.6 is 0 Å². The van der Waals surface area contributed by atoms with Crippen molar-refractivity contribution in [3.63, 3.8) is 0 Å². The van der Waals surface area contributed by atoms with Crippen LogP contribution in [0.2, 0.25) is 0 Å². The Morgan fingerprint density at radius 1 is 0.921 bits per heavy atom. The summed E-state index contributed by atoms with van der Waals surface area (Å²) in [6, 6.07) is 5.65. The van der Waals surface area contributed by atoms with Gasteiger partial charge >= 0.3 is 11.6 Å². The van der Waals surface area contributed by atoms with Crippen LogP contribution in [0.4, 0.5) is 0 Å². The molecule has 14 nitrogen and oxygen atoms in total. The number of carbonyl (C=O) groups excluding carboxylic acids is 1. The first-order valence-electron chi connectivity index (χ1n) is 11.8. The van der Waals surface area contributed by atoms with Gasteiger partial charge in [0.25, 0.3) is 0 Å². The van der Waals surface area contributed by atoms with Gasteiger partial charge in [0.2, 0.25) is 6.29 Å². The smallest absolute Gasteiger partial charge is 0.336 e. The van der Waals surface area contributed by atoms with E-state index in [2.05, 4.69) is 0 Å². The normalized spacial score (nSPS) is 35.6. The zero-order valence-corrected chi connectivity index (χ0v) is 20.7. The fourth-order valence-corrected chi connectivity index (χ4v) is 4.25. The summed E-state index contributed by atoms with van der Waals surface area (Å²) in [5.41, 5.74) is -0.429. The van der Waals surface area contributed by atoms with Crippen LogP contribution in [0.15, 0.2) is 33.5 Å². The van der Waals surface area contributed by atoms with E-state index in [1.807, 2.05) is 0 Å². The molecule has 0 bridgehead atoms.